The van der Waals surface area contributed by atoms with Crippen LogP contribution < -0.4 is 0 Å². The highest BCUT2D eigenvalue weighted by Gasteiger charge is 2.13. The Morgan fingerprint density at radius 3 is 1.45 bits per heavy atom. The van der Waals surface area contributed by atoms with E-state index in [-0.39, 0.29) is 0 Å². The van der Waals surface area contributed by atoms with E-state index in [2.05, 4.69) is 64.1 Å². The molecule has 0 amide bonds. The molecule has 0 aliphatic carbocycles. The lowest BCUT2D eigenvalue weighted by atomic mass is 9.97. The second kappa shape index (κ2) is 10.4. The lowest BCUT2D eigenvalue weighted by molar-refractivity contribution is 0.547. The van der Waals surface area contributed by atoms with Gasteiger partial charge in [0, 0.05) is 0 Å². The van der Waals surface area contributed by atoms with Crippen molar-refractivity contribution in [3.8, 4) is 0 Å². The minimum atomic E-state index is 0.472. The van der Waals surface area contributed by atoms with Gasteiger partial charge in [-0.25, -0.2) is 9.98 Å². The van der Waals surface area contributed by atoms with E-state index in [1.165, 1.54) is 11.1 Å². The summed E-state index contributed by atoms with van der Waals surface area (Å²) in [5.41, 5.74) is 6.32. The fourth-order valence-corrected chi connectivity index (χ4v) is 3.65. The van der Waals surface area contributed by atoms with Crippen molar-refractivity contribution in [2.75, 3.05) is 0 Å². The largest absolute Gasteiger partial charge is 0.454 e. The summed E-state index contributed by atoms with van der Waals surface area (Å²) in [7, 11) is 0. The van der Waals surface area contributed by atoms with Crippen LogP contribution in [0.15, 0.2) is 75.1 Å². The Kier molecular flexibility index (Phi) is 7.62. The summed E-state index contributed by atoms with van der Waals surface area (Å²) in [6.07, 6.45) is 2.18. The van der Waals surface area contributed by atoms with Gasteiger partial charge in [0.05, 0.1) is 22.8 Å². The predicted molar refractivity (Wildman–Crippen MR) is 133 cm³/mol. The quantitative estimate of drug-likeness (QED) is 0.340. The van der Waals surface area contributed by atoms with Crippen LogP contribution >= 0.6 is 0 Å². The molecule has 0 bridgehead atoms. The number of para-hydroxylation sites is 2. The summed E-state index contributed by atoms with van der Waals surface area (Å²) >= 11 is 0. The van der Waals surface area contributed by atoms with Crippen LogP contribution in [0.4, 0.5) is 11.4 Å². The molecule has 2 atom stereocenters. The van der Waals surface area contributed by atoms with Crippen molar-refractivity contribution in [2.45, 2.75) is 66.2 Å². The predicted octanol–water partition coefficient (Wildman–Crippen LogP) is 8.59. The second-order valence-electron chi connectivity index (χ2n) is 8.29. The average Bonchev–Trinajstić information content (AvgIpc) is 3.29. The molecule has 3 rings (SSSR count). The second-order valence-corrected chi connectivity index (χ2v) is 8.29. The van der Waals surface area contributed by atoms with Crippen molar-refractivity contribution in [2.24, 2.45) is 9.98 Å². The Labute approximate surface area is 187 Å². The minimum absolute atomic E-state index is 0.472. The molecule has 2 aromatic carbocycles. The number of furan rings is 1. The number of hydrogen-bond acceptors (Lipinski definition) is 3. The third kappa shape index (κ3) is 5.41. The van der Waals surface area contributed by atoms with Crippen molar-refractivity contribution in [3.63, 3.8) is 0 Å². The molecule has 0 spiro atoms. The van der Waals surface area contributed by atoms with Crippen LogP contribution in [0.2, 0.25) is 0 Å². The first kappa shape index (κ1) is 22.7. The summed E-state index contributed by atoms with van der Waals surface area (Å²) in [6.45, 7) is 12.9. The molecule has 3 nitrogen and oxygen atoms in total. The summed E-state index contributed by atoms with van der Waals surface area (Å²) in [5.74, 6) is 2.50. The molecule has 0 saturated carbocycles. The number of rotatable bonds is 8. The Morgan fingerprint density at radius 2 is 1.06 bits per heavy atom. The first-order valence-electron chi connectivity index (χ1n) is 11.3. The van der Waals surface area contributed by atoms with Gasteiger partial charge in [-0.05, 0) is 73.9 Å². The van der Waals surface area contributed by atoms with E-state index in [0.717, 1.165) is 47.2 Å². The molecule has 0 radical (unpaired) electrons. The highest BCUT2D eigenvalue weighted by Crippen LogP contribution is 2.31. The van der Waals surface area contributed by atoms with E-state index >= 15 is 0 Å². The maximum atomic E-state index is 6.14. The van der Waals surface area contributed by atoms with Gasteiger partial charge in [-0.1, -0.05) is 64.1 Å². The van der Waals surface area contributed by atoms with Crippen LogP contribution in [0.1, 0.15) is 88.9 Å². The van der Waals surface area contributed by atoms with Gasteiger partial charge in [-0.2, -0.15) is 0 Å². The monoisotopic (exact) mass is 414 g/mol. The normalized spacial score (nSPS) is 14.5. The molecule has 0 N–H and O–H groups in total. The molecule has 162 valence electrons. The highest BCUT2D eigenvalue weighted by atomic mass is 16.3. The summed E-state index contributed by atoms with van der Waals surface area (Å²) < 4.78 is 6.14. The smallest absolute Gasteiger partial charge is 0.148 e. The van der Waals surface area contributed by atoms with Crippen molar-refractivity contribution in [1.29, 1.82) is 0 Å². The summed E-state index contributed by atoms with van der Waals surface area (Å²) in [6, 6.07) is 20.7. The lowest BCUT2D eigenvalue weighted by Gasteiger charge is -2.12. The average molecular weight is 415 g/mol. The zero-order valence-corrected chi connectivity index (χ0v) is 19.6. The van der Waals surface area contributed by atoms with Crippen molar-refractivity contribution in [1.82, 2.24) is 0 Å². The van der Waals surface area contributed by atoms with Gasteiger partial charge >= 0.3 is 0 Å². The SMILES string of the molecule is CCC(C)c1ccccc1N=C(C)c1ccc(C(C)=Nc2ccccc2C(C)CC)o1. The minimum Gasteiger partial charge on any atom is -0.454 e. The van der Waals surface area contributed by atoms with E-state index < -0.39 is 0 Å². The van der Waals surface area contributed by atoms with Crippen molar-refractivity contribution >= 4 is 22.8 Å². The molecule has 31 heavy (non-hydrogen) atoms. The first-order chi connectivity index (χ1) is 14.9. The van der Waals surface area contributed by atoms with Crippen LogP contribution in [0.3, 0.4) is 0 Å². The number of benzene rings is 2. The van der Waals surface area contributed by atoms with Crippen molar-refractivity contribution < 1.29 is 4.42 Å². The fraction of sp³-hybridized carbons (Fsp3) is 0.357. The number of nitrogens with zero attached hydrogens (tertiary/aromatic N) is 2. The molecule has 1 heterocycles. The molecule has 0 aliphatic heterocycles. The van der Waals surface area contributed by atoms with Crippen LogP contribution in [0, 0.1) is 0 Å². The van der Waals surface area contributed by atoms with Crippen LogP contribution in [0.5, 0.6) is 0 Å². The fourth-order valence-electron chi connectivity index (χ4n) is 3.65. The topological polar surface area (TPSA) is 37.9 Å². The van der Waals surface area contributed by atoms with E-state index in [1.54, 1.807) is 0 Å². The van der Waals surface area contributed by atoms with Crippen molar-refractivity contribution in [3.05, 3.63) is 83.3 Å². The van der Waals surface area contributed by atoms with E-state index in [1.807, 2.05) is 38.1 Å². The summed E-state index contributed by atoms with van der Waals surface area (Å²) in [4.78, 5) is 9.77. The maximum absolute atomic E-state index is 6.14. The first-order valence-corrected chi connectivity index (χ1v) is 11.3. The Bertz CT molecular complexity index is 990. The molecular weight excluding hydrogens is 380 g/mol. The van der Waals surface area contributed by atoms with Gasteiger partial charge in [-0.15, -0.1) is 0 Å². The molecule has 0 fully saturated rings. The standard InChI is InChI=1S/C28H34N2O/c1-7-19(3)23-13-9-11-15-25(23)29-21(5)27-17-18-28(31-27)22(6)30-26-16-12-10-14-24(26)20(4)8-2/h9-20H,7-8H2,1-6H3. The number of aliphatic imine (C=N–C) groups is 2. The van der Waals surface area contributed by atoms with Gasteiger partial charge in [0.25, 0.3) is 0 Å². The number of hydrogen-bond donors (Lipinski definition) is 0. The molecule has 3 aromatic rings. The maximum Gasteiger partial charge on any atom is 0.148 e. The Morgan fingerprint density at radius 1 is 0.677 bits per heavy atom. The van der Waals surface area contributed by atoms with Crippen LogP contribution in [-0.2, 0) is 0 Å². The molecule has 2 unspecified atom stereocenters. The Hall–Kier alpha value is -2.94. The van der Waals surface area contributed by atoms with Gasteiger partial charge < -0.3 is 4.42 Å². The molecule has 3 heteroatoms. The molecular formula is C28H34N2O. The van der Waals surface area contributed by atoms with E-state index in [9.17, 15) is 0 Å². The Balaban J connectivity index is 1.89. The van der Waals surface area contributed by atoms with Crippen LogP contribution in [-0.4, -0.2) is 11.4 Å². The van der Waals surface area contributed by atoms with E-state index in [0.29, 0.717) is 11.8 Å². The summed E-state index contributed by atoms with van der Waals surface area (Å²) in [5, 5.41) is 0. The lowest BCUT2D eigenvalue weighted by Crippen LogP contribution is -1.97. The van der Waals surface area contributed by atoms with Gasteiger partial charge in [-0.3, -0.25) is 0 Å². The van der Waals surface area contributed by atoms with Gasteiger partial charge in [0.2, 0.25) is 0 Å². The molecule has 1 aromatic heterocycles. The van der Waals surface area contributed by atoms with Gasteiger partial charge in [0.15, 0.2) is 0 Å². The third-order valence-corrected chi connectivity index (χ3v) is 6.06. The third-order valence-electron chi connectivity index (χ3n) is 6.06. The highest BCUT2D eigenvalue weighted by molar-refractivity contribution is 6.01. The molecule has 0 saturated heterocycles. The van der Waals surface area contributed by atoms with Gasteiger partial charge in [0.1, 0.15) is 11.5 Å². The van der Waals surface area contributed by atoms with E-state index in [4.69, 9.17) is 14.4 Å². The van der Waals surface area contributed by atoms with Crippen LogP contribution in [0.25, 0.3) is 0 Å². The zero-order chi connectivity index (χ0) is 22.4. The zero-order valence-electron chi connectivity index (χ0n) is 19.6. The molecule has 0 aliphatic rings.